The van der Waals surface area contributed by atoms with Crippen LogP contribution in [0.15, 0.2) is 54.6 Å². The molecule has 0 radical (unpaired) electrons. The number of nitrogens with zero attached hydrogens (tertiary/aromatic N) is 4. The second-order valence-electron chi connectivity index (χ2n) is 11.6. The van der Waals surface area contributed by atoms with Crippen LogP contribution in [0.2, 0.25) is 0 Å². The van der Waals surface area contributed by atoms with E-state index in [1.54, 1.807) is 0 Å². The van der Waals surface area contributed by atoms with Crippen molar-refractivity contribution in [2.24, 2.45) is 0 Å². The molecule has 0 bridgehead atoms. The van der Waals surface area contributed by atoms with Gasteiger partial charge >= 0.3 is 0 Å². The van der Waals surface area contributed by atoms with E-state index < -0.39 is 10.1 Å². The first-order valence-electron chi connectivity index (χ1n) is 15.2. The highest BCUT2D eigenvalue weighted by atomic mass is 32.2. The van der Waals surface area contributed by atoms with E-state index in [0.717, 1.165) is 71.3 Å². The topological polar surface area (TPSA) is 135 Å². The number of imidazole rings is 2. The van der Waals surface area contributed by atoms with E-state index >= 15 is 0 Å². The molecular weight excluding hydrogens is 608 g/mol. The summed E-state index contributed by atoms with van der Waals surface area (Å²) in [6, 6.07) is 17.3. The van der Waals surface area contributed by atoms with Gasteiger partial charge in [-0.15, -0.1) is 0 Å². The van der Waals surface area contributed by atoms with Crippen molar-refractivity contribution in [3.05, 3.63) is 54.6 Å². The summed E-state index contributed by atoms with van der Waals surface area (Å²) in [6.07, 6.45) is 2.86. The van der Waals surface area contributed by atoms with Crippen LogP contribution in [0.25, 0.3) is 44.8 Å². The molecule has 0 amide bonds. The Kier molecular flexibility index (Phi) is 10.8. The van der Waals surface area contributed by atoms with E-state index in [1.165, 1.54) is 0 Å². The molecule has 0 aliphatic heterocycles. The molecule has 0 spiro atoms. The highest BCUT2D eigenvalue weighted by Gasteiger charge is 2.16. The van der Waals surface area contributed by atoms with Crippen LogP contribution in [0.5, 0.6) is 17.2 Å². The number of ether oxygens (including phenoxy) is 3. The first kappa shape index (κ1) is 33.2. The van der Waals surface area contributed by atoms with Crippen LogP contribution in [0.4, 0.5) is 0 Å². The van der Waals surface area contributed by atoms with Gasteiger partial charge in [-0.05, 0) is 77.4 Å². The summed E-state index contributed by atoms with van der Waals surface area (Å²) in [5.41, 5.74) is 4.76. The molecule has 12 nitrogen and oxygen atoms in total. The molecule has 0 unspecified atom stereocenters. The standard InChI is InChI=1S/C33H42N6O6S/c1-38(2)14-6-16-42-24-9-12-27-29(21-24)36-32(34-27)23-8-11-26(31(20-23)44-18-19-45-46(5,40)41)33-35-28-13-10-25(22-30(28)37-33)43-17-7-15-39(3)4/h8-13,20-22H,6-7,14-19H2,1-5H3,(H,34,36)(H,35,37). The van der Waals surface area contributed by atoms with Gasteiger partial charge in [0.2, 0.25) is 0 Å². The maximum atomic E-state index is 11.5. The molecule has 0 fully saturated rings. The van der Waals surface area contributed by atoms with Gasteiger partial charge in [0.15, 0.2) is 0 Å². The molecule has 0 saturated heterocycles. The minimum atomic E-state index is -3.60. The third-order valence-electron chi connectivity index (χ3n) is 7.09. The molecule has 13 heteroatoms. The Balaban J connectivity index is 1.39. The van der Waals surface area contributed by atoms with Gasteiger partial charge in [0, 0.05) is 30.8 Å². The van der Waals surface area contributed by atoms with Gasteiger partial charge in [0.1, 0.15) is 42.1 Å². The minimum Gasteiger partial charge on any atom is -0.493 e. The third kappa shape index (κ3) is 9.19. The van der Waals surface area contributed by atoms with Crippen LogP contribution in [-0.4, -0.2) is 112 Å². The molecule has 0 atom stereocenters. The number of benzene rings is 3. The minimum absolute atomic E-state index is 0.0172. The van der Waals surface area contributed by atoms with Crippen molar-refractivity contribution in [3.63, 3.8) is 0 Å². The number of aromatic amines is 2. The summed E-state index contributed by atoms with van der Waals surface area (Å²) in [5.74, 6) is 3.30. The largest absolute Gasteiger partial charge is 0.493 e. The third-order valence-corrected chi connectivity index (χ3v) is 7.69. The van der Waals surface area contributed by atoms with Crippen molar-refractivity contribution in [2.45, 2.75) is 12.8 Å². The number of fused-ring (bicyclic) bond motifs is 2. The van der Waals surface area contributed by atoms with Gasteiger partial charge in [-0.1, -0.05) is 6.07 Å². The lowest BCUT2D eigenvalue weighted by Crippen LogP contribution is -2.15. The molecule has 2 N–H and O–H groups in total. The van der Waals surface area contributed by atoms with Crippen molar-refractivity contribution in [1.82, 2.24) is 29.7 Å². The van der Waals surface area contributed by atoms with Gasteiger partial charge in [-0.3, -0.25) is 4.18 Å². The molecule has 0 aliphatic carbocycles. The average Bonchev–Trinajstić information content (AvgIpc) is 3.63. The number of hydrogen-bond donors (Lipinski definition) is 2. The molecule has 5 aromatic rings. The molecule has 2 aromatic heterocycles. The van der Waals surface area contributed by atoms with Crippen molar-refractivity contribution in [3.8, 4) is 40.0 Å². The Labute approximate surface area is 269 Å². The molecule has 0 saturated carbocycles. The van der Waals surface area contributed by atoms with E-state index in [4.69, 9.17) is 28.4 Å². The van der Waals surface area contributed by atoms with Gasteiger partial charge < -0.3 is 34.0 Å². The Morgan fingerprint density at radius 3 is 1.80 bits per heavy atom. The van der Waals surface area contributed by atoms with Gasteiger partial charge in [0.05, 0.1) is 47.1 Å². The lowest BCUT2D eigenvalue weighted by atomic mass is 10.1. The fraction of sp³-hybridized carbons (Fsp3) is 0.394. The Hall–Kier alpha value is -4.17. The van der Waals surface area contributed by atoms with E-state index in [0.29, 0.717) is 36.2 Å². The summed E-state index contributed by atoms with van der Waals surface area (Å²) in [7, 11) is 4.57. The molecule has 5 rings (SSSR count). The lowest BCUT2D eigenvalue weighted by molar-refractivity contribution is 0.223. The quantitative estimate of drug-likeness (QED) is 0.107. The van der Waals surface area contributed by atoms with Crippen LogP contribution in [0.1, 0.15) is 12.8 Å². The average molecular weight is 651 g/mol. The van der Waals surface area contributed by atoms with Gasteiger partial charge in [-0.2, -0.15) is 8.42 Å². The summed E-state index contributed by atoms with van der Waals surface area (Å²) < 4.78 is 45.8. The molecule has 246 valence electrons. The van der Waals surface area contributed by atoms with E-state index in [2.05, 4.69) is 19.8 Å². The second kappa shape index (κ2) is 14.9. The maximum absolute atomic E-state index is 11.5. The normalized spacial score (nSPS) is 12.1. The molecule has 46 heavy (non-hydrogen) atoms. The lowest BCUT2D eigenvalue weighted by Gasteiger charge is -2.11. The van der Waals surface area contributed by atoms with E-state index in [1.807, 2.05) is 82.8 Å². The van der Waals surface area contributed by atoms with Crippen molar-refractivity contribution in [1.29, 1.82) is 0 Å². The van der Waals surface area contributed by atoms with Crippen molar-refractivity contribution < 1.29 is 26.8 Å². The molecule has 3 aromatic carbocycles. The Morgan fingerprint density at radius 2 is 1.24 bits per heavy atom. The first-order valence-corrected chi connectivity index (χ1v) is 17.0. The number of H-pyrrole nitrogens is 2. The fourth-order valence-electron chi connectivity index (χ4n) is 4.88. The van der Waals surface area contributed by atoms with Crippen LogP contribution < -0.4 is 14.2 Å². The van der Waals surface area contributed by atoms with Crippen LogP contribution >= 0.6 is 0 Å². The van der Waals surface area contributed by atoms with Gasteiger partial charge in [0.25, 0.3) is 10.1 Å². The molecule has 0 aliphatic rings. The molecular formula is C33H42N6O6S. The second-order valence-corrected chi connectivity index (χ2v) is 13.3. The fourth-order valence-corrected chi connectivity index (χ4v) is 5.26. The van der Waals surface area contributed by atoms with Crippen LogP contribution in [-0.2, 0) is 14.3 Å². The predicted molar refractivity (Wildman–Crippen MR) is 180 cm³/mol. The summed E-state index contributed by atoms with van der Waals surface area (Å²) in [4.78, 5) is 20.6. The summed E-state index contributed by atoms with van der Waals surface area (Å²) in [6.45, 7) is 3.04. The van der Waals surface area contributed by atoms with Crippen LogP contribution in [0.3, 0.4) is 0 Å². The first-order chi connectivity index (χ1) is 22.0. The Morgan fingerprint density at radius 1 is 0.674 bits per heavy atom. The zero-order chi connectivity index (χ0) is 32.7. The highest BCUT2D eigenvalue weighted by Crippen LogP contribution is 2.35. The summed E-state index contributed by atoms with van der Waals surface area (Å²) >= 11 is 0. The Bertz CT molecular complexity index is 1870. The monoisotopic (exact) mass is 650 g/mol. The summed E-state index contributed by atoms with van der Waals surface area (Å²) in [5, 5.41) is 0. The molecule has 2 heterocycles. The van der Waals surface area contributed by atoms with E-state index in [9.17, 15) is 8.42 Å². The van der Waals surface area contributed by atoms with Gasteiger partial charge in [-0.25, -0.2) is 9.97 Å². The smallest absolute Gasteiger partial charge is 0.264 e. The number of nitrogens with one attached hydrogen (secondary N) is 2. The predicted octanol–water partition coefficient (Wildman–Crippen LogP) is 4.79. The zero-order valence-electron chi connectivity index (χ0n) is 27.0. The van der Waals surface area contributed by atoms with E-state index in [-0.39, 0.29) is 13.2 Å². The highest BCUT2D eigenvalue weighted by molar-refractivity contribution is 7.85. The number of hydrogen-bond acceptors (Lipinski definition) is 10. The number of aromatic nitrogens is 4. The maximum Gasteiger partial charge on any atom is 0.264 e. The van der Waals surface area contributed by atoms with Crippen molar-refractivity contribution in [2.75, 3.05) is 74.0 Å². The SMILES string of the molecule is CN(C)CCCOc1ccc2nc(-c3ccc(-c4nc5ccc(OCCCN(C)C)cc5[nH]4)c(OCCOS(C)(=O)=O)c3)[nH]c2c1. The van der Waals surface area contributed by atoms with Crippen molar-refractivity contribution >= 4 is 32.2 Å². The number of rotatable bonds is 17. The zero-order valence-corrected chi connectivity index (χ0v) is 27.8. The van der Waals surface area contributed by atoms with Crippen LogP contribution in [0, 0.1) is 0 Å².